The standard InChI is InChI=1S/C19H22N4O3/c24-18(12-22-11-15(20-21-22)13-6-2-1-3-7-13)23-16-9-5-4-8-14(16)10-17(23)19(25)26/h1-3,6-7,11,14,16-17H,4-5,8-10,12H2,(H,25,26). The maximum atomic E-state index is 12.9. The van der Waals surface area contributed by atoms with Gasteiger partial charge in [-0.1, -0.05) is 48.4 Å². The predicted octanol–water partition coefficient (Wildman–Crippen LogP) is 2.19. The number of likely N-dealkylation sites (tertiary alicyclic amines) is 1. The summed E-state index contributed by atoms with van der Waals surface area (Å²) in [5, 5.41) is 17.7. The highest BCUT2D eigenvalue weighted by Gasteiger charge is 2.47. The average Bonchev–Trinajstić information content (AvgIpc) is 3.27. The Kier molecular flexibility index (Phi) is 4.44. The number of carboxylic acid groups (broad SMARTS) is 1. The third kappa shape index (κ3) is 3.09. The summed E-state index contributed by atoms with van der Waals surface area (Å²) in [5.41, 5.74) is 1.63. The van der Waals surface area contributed by atoms with Crippen molar-refractivity contribution in [2.75, 3.05) is 0 Å². The van der Waals surface area contributed by atoms with Gasteiger partial charge in [0, 0.05) is 11.6 Å². The largest absolute Gasteiger partial charge is 0.480 e. The van der Waals surface area contributed by atoms with Gasteiger partial charge in [-0.25, -0.2) is 9.48 Å². The number of fused-ring (bicyclic) bond motifs is 1. The van der Waals surface area contributed by atoms with Crippen LogP contribution in [-0.2, 0) is 16.1 Å². The maximum absolute atomic E-state index is 12.9. The molecule has 1 aromatic carbocycles. The lowest BCUT2D eigenvalue weighted by molar-refractivity contribution is -0.150. The first-order valence-corrected chi connectivity index (χ1v) is 9.13. The van der Waals surface area contributed by atoms with Crippen LogP contribution in [-0.4, -0.2) is 49.0 Å². The highest BCUT2D eigenvalue weighted by Crippen LogP contribution is 2.39. The number of carboxylic acids is 1. The molecule has 3 atom stereocenters. The fourth-order valence-corrected chi connectivity index (χ4v) is 4.38. The minimum Gasteiger partial charge on any atom is -0.480 e. The van der Waals surface area contributed by atoms with Crippen molar-refractivity contribution in [1.82, 2.24) is 19.9 Å². The third-order valence-electron chi connectivity index (χ3n) is 5.57. The molecule has 0 radical (unpaired) electrons. The average molecular weight is 354 g/mol. The molecule has 3 unspecified atom stereocenters. The first kappa shape index (κ1) is 16.8. The molecule has 2 fully saturated rings. The van der Waals surface area contributed by atoms with E-state index in [0.717, 1.165) is 31.2 Å². The highest BCUT2D eigenvalue weighted by atomic mass is 16.4. The molecule has 2 aliphatic rings. The van der Waals surface area contributed by atoms with Gasteiger partial charge in [-0.3, -0.25) is 4.79 Å². The Labute approximate surface area is 151 Å². The van der Waals surface area contributed by atoms with Crippen LogP contribution in [0.1, 0.15) is 32.1 Å². The van der Waals surface area contributed by atoms with E-state index in [2.05, 4.69) is 10.3 Å². The van der Waals surface area contributed by atoms with Crippen molar-refractivity contribution < 1.29 is 14.7 Å². The summed E-state index contributed by atoms with van der Waals surface area (Å²) in [6, 6.07) is 8.97. The molecule has 1 aliphatic heterocycles. The molecule has 2 aromatic rings. The first-order chi connectivity index (χ1) is 12.6. The lowest BCUT2D eigenvalue weighted by Crippen LogP contribution is -2.47. The van der Waals surface area contributed by atoms with E-state index < -0.39 is 12.0 Å². The lowest BCUT2D eigenvalue weighted by atomic mass is 9.85. The summed E-state index contributed by atoms with van der Waals surface area (Å²) >= 11 is 0. The van der Waals surface area contributed by atoms with Gasteiger partial charge in [0.05, 0.1) is 6.20 Å². The smallest absolute Gasteiger partial charge is 0.326 e. The molecule has 2 heterocycles. The minimum atomic E-state index is -0.906. The van der Waals surface area contributed by atoms with Crippen LogP contribution in [0.5, 0.6) is 0 Å². The fourth-order valence-electron chi connectivity index (χ4n) is 4.38. The van der Waals surface area contributed by atoms with Crippen molar-refractivity contribution in [2.24, 2.45) is 5.92 Å². The summed E-state index contributed by atoms with van der Waals surface area (Å²) in [5.74, 6) is -0.781. The van der Waals surface area contributed by atoms with Gasteiger partial charge in [-0.2, -0.15) is 0 Å². The predicted molar refractivity (Wildman–Crippen MR) is 94.1 cm³/mol. The third-order valence-corrected chi connectivity index (χ3v) is 5.57. The lowest BCUT2D eigenvalue weighted by Gasteiger charge is -2.32. The van der Waals surface area contributed by atoms with Gasteiger partial charge >= 0.3 is 5.97 Å². The van der Waals surface area contributed by atoms with E-state index in [0.29, 0.717) is 18.0 Å². The second-order valence-corrected chi connectivity index (χ2v) is 7.17. The molecule has 7 heteroatoms. The van der Waals surface area contributed by atoms with E-state index in [1.165, 1.54) is 4.68 Å². The van der Waals surface area contributed by atoms with Gasteiger partial charge in [-0.15, -0.1) is 5.10 Å². The molecule has 1 amide bonds. The number of aliphatic carboxylic acids is 1. The molecule has 0 bridgehead atoms. The molecular weight excluding hydrogens is 332 g/mol. The molecule has 0 spiro atoms. The van der Waals surface area contributed by atoms with Crippen molar-refractivity contribution in [3.8, 4) is 11.3 Å². The summed E-state index contributed by atoms with van der Waals surface area (Å²) in [7, 11) is 0. The molecule has 1 aliphatic carbocycles. The Morgan fingerprint density at radius 1 is 1.15 bits per heavy atom. The summed E-state index contributed by atoms with van der Waals surface area (Å²) in [6.45, 7) is 0.0207. The van der Waals surface area contributed by atoms with E-state index in [-0.39, 0.29) is 18.5 Å². The van der Waals surface area contributed by atoms with Gasteiger partial charge in [0.1, 0.15) is 18.3 Å². The summed E-state index contributed by atoms with van der Waals surface area (Å²) in [4.78, 5) is 26.2. The maximum Gasteiger partial charge on any atom is 0.326 e. The Hall–Kier alpha value is -2.70. The molecule has 136 valence electrons. The summed E-state index contributed by atoms with van der Waals surface area (Å²) in [6.07, 6.45) is 6.39. The van der Waals surface area contributed by atoms with E-state index in [1.807, 2.05) is 30.3 Å². The number of carbonyl (C=O) groups excluding carboxylic acids is 1. The second-order valence-electron chi connectivity index (χ2n) is 7.17. The Bertz CT molecular complexity index is 804. The van der Waals surface area contributed by atoms with Crippen LogP contribution in [0.4, 0.5) is 0 Å². The minimum absolute atomic E-state index is 0.0207. The van der Waals surface area contributed by atoms with Gasteiger partial charge in [-0.05, 0) is 25.2 Å². The van der Waals surface area contributed by atoms with Crippen LogP contribution in [0, 0.1) is 5.92 Å². The van der Waals surface area contributed by atoms with Crippen LogP contribution in [0.2, 0.25) is 0 Å². The number of hydrogen-bond donors (Lipinski definition) is 1. The zero-order valence-corrected chi connectivity index (χ0v) is 14.5. The number of carbonyl (C=O) groups is 2. The van der Waals surface area contributed by atoms with Crippen molar-refractivity contribution in [1.29, 1.82) is 0 Å². The number of hydrogen-bond acceptors (Lipinski definition) is 4. The number of benzene rings is 1. The van der Waals surface area contributed by atoms with E-state index in [9.17, 15) is 14.7 Å². The zero-order chi connectivity index (χ0) is 18.1. The quantitative estimate of drug-likeness (QED) is 0.909. The number of aromatic nitrogens is 3. The monoisotopic (exact) mass is 354 g/mol. The first-order valence-electron chi connectivity index (χ1n) is 9.13. The van der Waals surface area contributed by atoms with Crippen molar-refractivity contribution in [3.63, 3.8) is 0 Å². The Balaban J connectivity index is 1.52. The molecule has 7 nitrogen and oxygen atoms in total. The molecule has 1 saturated carbocycles. The number of rotatable bonds is 4. The normalized spacial score (nSPS) is 25.1. The molecule has 1 saturated heterocycles. The zero-order valence-electron chi connectivity index (χ0n) is 14.5. The molecular formula is C19H22N4O3. The van der Waals surface area contributed by atoms with Crippen LogP contribution in [0.15, 0.2) is 36.5 Å². The fraction of sp³-hybridized carbons (Fsp3) is 0.474. The van der Waals surface area contributed by atoms with Crippen molar-refractivity contribution >= 4 is 11.9 Å². The van der Waals surface area contributed by atoms with E-state index in [4.69, 9.17) is 0 Å². The van der Waals surface area contributed by atoms with Crippen LogP contribution >= 0.6 is 0 Å². The molecule has 1 aromatic heterocycles. The van der Waals surface area contributed by atoms with E-state index in [1.54, 1.807) is 11.1 Å². The van der Waals surface area contributed by atoms with Crippen LogP contribution in [0.3, 0.4) is 0 Å². The number of nitrogens with zero attached hydrogens (tertiary/aromatic N) is 4. The topological polar surface area (TPSA) is 88.3 Å². The highest BCUT2D eigenvalue weighted by molar-refractivity contribution is 5.84. The molecule has 1 N–H and O–H groups in total. The van der Waals surface area contributed by atoms with E-state index >= 15 is 0 Å². The van der Waals surface area contributed by atoms with Crippen LogP contribution < -0.4 is 0 Å². The van der Waals surface area contributed by atoms with Gasteiger partial charge in [0.2, 0.25) is 5.91 Å². The SMILES string of the molecule is O=C(O)C1CC2CCCCC2N1C(=O)Cn1cc(-c2ccccc2)nn1. The molecule has 26 heavy (non-hydrogen) atoms. The number of amides is 1. The Morgan fingerprint density at radius 3 is 2.69 bits per heavy atom. The van der Waals surface area contributed by atoms with Gasteiger partial charge in [0.15, 0.2) is 0 Å². The van der Waals surface area contributed by atoms with Gasteiger partial charge in [0.25, 0.3) is 0 Å². The molecule has 4 rings (SSSR count). The Morgan fingerprint density at radius 2 is 1.92 bits per heavy atom. The van der Waals surface area contributed by atoms with Gasteiger partial charge < -0.3 is 10.0 Å². The van der Waals surface area contributed by atoms with Crippen molar-refractivity contribution in [2.45, 2.75) is 50.7 Å². The van der Waals surface area contributed by atoms with Crippen molar-refractivity contribution in [3.05, 3.63) is 36.5 Å². The van der Waals surface area contributed by atoms with Crippen LogP contribution in [0.25, 0.3) is 11.3 Å². The second kappa shape index (κ2) is 6.90. The summed E-state index contributed by atoms with van der Waals surface area (Å²) < 4.78 is 1.50.